The molecule has 52 heavy (non-hydrogen) atoms. The number of rotatable bonds is 16. The number of pyridine rings is 2. The van der Waals surface area contributed by atoms with Crippen molar-refractivity contribution >= 4 is 31.9 Å². The fraction of sp³-hybridized carbons (Fsp3) is 0.292. The fourth-order valence-electron chi connectivity index (χ4n) is 6.29. The van der Waals surface area contributed by atoms with Gasteiger partial charge in [0.1, 0.15) is 13.1 Å². The smallest absolute Gasteiger partial charge is 0.169 e. The van der Waals surface area contributed by atoms with Gasteiger partial charge in [-0.3, -0.25) is 0 Å². The summed E-state index contributed by atoms with van der Waals surface area (Å²) in [5.74, 6) is 0. The van der Waals surface area contributed by atoms with Gasteiger partial charge in [-0.15, -0.1) is 0 Å². The Morgan fingerprint density at radius 3 is 0.846 bits per heavy atom. The topological polar surface area (TPSA) is 7.76 Å². The van der Waals surface area contributed by atoms with E-state index in [4.69, 9.17) is 0 Å². The second-order valence-corrected chi connectivity index (χ2v) is 15.4. The van der Waals surface area contributed by atoms with E-state index in [-0.39, 0.29) is 0 Å². The summed E-state index contributed by atoms with van der Waals surface area (Å²) >= 11 is 6.96. The molecule has 6 aromatic rings. The summed E-state index contributed by atoms with van der Waals surface area (Å²) < 4.78 is 4.53. The molecule has 0 unspecified atom stereocenters. The van der Waals surface area contributed by atoms with Gasteiger partial charge in [-0.1, -0.05) is 129 Å². The van der Waals surface area contributed by atoms with Crippen LogP contribution in [0, 0.1) is 13.8 Å². The molecule has 0 saturated carbocycles. The van der Waals surface area contributed by atoms with E-state index in [0.29, 0.717) is 0 Å². The van der Waals surface area contributed by atoms with Crippen LogP contribution in [0.15, 0.2) is 146 Å². The van der Waals surface area contributed by atoms with Crippen LogP contribution >= 0.6 is 31.9 Å². The lowest BCUT2D eigenvalue weighted by Gasteiger charge is -2.06. The van der Waals surface area contributed by atoms with Crippen molar-refractivity contribution in [2.75, 3.05) is 10.7 Å². The van der Waals surface area contributed by atoms with Gasteiger partial charge in [-0.25, -0.2) is 9.13 Å². The zero-order valence-corrected chi connectivity index (χ0v) is 34.2. The zero-order valence-electron chi connectivity index (χ0n) is 31.0. The van der Waals surface area contributed by atoms with Crippen LogP contribution in [0.1, 0.15) is 59.1 Å². The molecule has 0 amide bonds. The first-order chi connectivity index (χ1) is 25.5. The molecule has 0 bridgehead atoms. The maximum absolute atomic E-state index is 3.48. The Balaban J connectivity index is 0.000000225. The lowest BCUT2D eigenvalue weighted by Crippen LogP contribution is -2.32. The largest absolute Gasteiger partial charge is 0.205 e. The van der Waals surface area contributed by atoms with E-state index in [0.717, 1.165) is 62.3 Å². The highest BCUT2D eigenvalue weighted by Crippen LogP contribution is 2.23. The Bertz CT molecular complexity index is 1720. The van der Waals surface area contributed by atoms with Crippen LogP contribution in [0.4, 0.5) is 0 Å². The van der Waals surface area contributed by atoms with Crippen molar-refractivity contribution in [1.29, 1.82) is 0 Å². The van der Waals surface area contributed by atoms with Crippen molar-refractivity contribution in [2.24, 2.45) is 0 Å². The average Bonchev–Trinajstić information content (AvgIpc) is 3.19. The fourth-order valence-corrected chi connectivity index (χ4v) is 6.85. The van der Waals surface area contributed by atoms with Gasteiger partial charge in [-0.2, -0.15) is 0 Å². The molecule has 6 rings (SSSR count). The summed E-state index contributed by atoms with van der Waals surface area (Å²) in [6.45, 7) is 6.38. The molecule has 0 aliphatic rings. The molecule has 0 aliphatic heterocycles. The van der Waals surface area contributed by atoms with Gasteiger partial charge in [0.25, 0.3) is 0 Å². The van der Waals surface area contributed by atoms with Gasteiger partial charge >= 0.3 is 0 Å². The van der Waals surface area contributed by atoms with E-state index in [1.54, 1.807) is 0 Å². The molecular formula is C48H54Br2N2+2. The molecular weight excluding hydrogens is 764 g/mol. The minimum atomic E-state index is 1.06. The predicted octanol–water partition coefficient (Wildman–Crippen LogP) is 11.8. The highest BCUT2D eigenvalue weighted by Gasteiger charge is 2.05. The standard InChI is InChI=1S/C30H34N2.C18H20Br2/c1-25-15-21-31(22-16-25)19-3-5-27-7-11-29(12-8-27)30-13-9-28(10-14-30)6-4-20-32-23-17-26(2)18-24-32;19-13-1-3-15-5-9-17(10-6-15)18-11-7-16(8-12-18)4-2-14-20/h7-18,21-24H,3-6,19-20H2,1-2H3;5-12H,1-4,13-14H2/q+2;. The number of benzene rings is 4. The lowest BCUT2D eigenvalue weighted by atomic mass is 10.00. The van der Waals surface area contributed by atoms with Crippen molar-refractivity contribution < 1.29 is 9.13 Å². The number of aryl methyl sites for hydroxylation is 8. The van der Waals surface area contributed by atoms with Crippen molar-refractivity contribution in [3.05, 3.63) is 179 Å². The molecule has 0 spiro atoms. The number of aromatic nitrogens is 2. The normalized spacial score (nSPS) is 10.8. The van der Waals surface area contributed by atoms with Crippen molar-refractivity contribution in [2.45, 2.75) is 78.3 Å². The summed E-state index contributed by atoms with van der Waals surface area (Å²) in [6.07, 6.45) is 17.9. The molecule has 2 aromatic heterocycles. The summed E-state index contributed by atoms with van der Waals surface area (Å²) in [4.78, 5) is 0. The Kier molecular flexibility index (Phi) is 16.4. The maximum atomic E-state index is 3.48. The maximum Gasteiger partial charge on any atom is 0.169 e. The quantitative estimate of drug-likeness (QED) is 0.0679. The Morgan fingerprint density at radius 1 is 0.346 bits per heavy atom. The van der Waals surface area contributed by atoms with Crippen molar-refractivity contribution in [3.8, 4) is 22.3 Å². The molecule has 268 valence electrons. The van der Waals surface area contributed by atoms with E-state index in [1.807, 2.05) is 0 Å². The van der Waals surface area contributed by atoms with E-state index in [2.05, 4.69) is 201 Å². The van der Waals surface area contributed by atoms with Gasteiger partial charge < -0.3 is 0 Å². The first-order valence-electron chi connectivity index (χ1n) is 18.9. The third-order valence-corrected chi connectivity index (χ3v) is 10.7. The second-order valence-electron chi connectivity index (χ2n) is 13.8. The molecule has 0 atom stereocenters. The van der Waals surface area contributed by atoms with E-state index >= 15 is 0 Å². The third-order valence-electron chi connectivity index (χ3n) is 9.56. The SMILES string of the molecule is BrCCCc1ccc(-c2ccc(CCCBr)cc2)cc1.Cc1cc[n+](CCCc2ccc(-c3ccc(CCC[n+]4ccc(C)cc4)cc3)cc2)cc1. The number of halogens is 2. The number of hydrogen-bond donors (Lipinski definition) is 0. The monoisotopic (exact) mass is 816 g/mol. The second kappa shape index (κ2) is 21.6. The minimum Gasteiger partial charge on any atom is -0.205 e. The van der Waals surface area contributed by atoms with Crippen molar-refractivity contribution in [1.82, 2.24) is 0 Å². The molecule has 0 aliphatic carbocycles. The molecule has 2 heterocycles. The van der Waals surface area contributed by atoms with Crippen LogP contribution in [0.2, 0.25) is 0 Å². The Hall–Kier alpha value is -3.86. The first-order valence-corrected chi connectivity index (χ1v) is 21.1. The van der Waals surface area contributed by atoms with Gasteiger partial charge in [0.15, 0.2) is 24.8 Å². The van der Waals surface area contributed by atoms with Crippen LogP contribution < -0.4 is 9.13 Å². The molecule has 0 radical (unpaired) electrons. The molecule has 0 N–H and O–H groups in total. The average molecular weight is 819 g/mol. The molecule has 4 heteroatoms. The van der Waals surface area contributed by atoms with E-state index in [9.17, 15) is 0 Å². The molecule has 4 aromatic carbocycles. The van der Waals surface area contributed by atoms with Gasteiger partial charge in [0, 0.05) is 47.8 Å². The lowest BCUT2D eigenvalue weighted by molar-refractivity contribution is -0.697. The van der Waals surface area contributed by atoms with Crippen LogP contribution in [-0.2, 0) is 38.8 Å². The van der Waals surface area contributed by atoms with Gasteiger partial charge in [0.05, 0.1) is 0 Å². The predicted molar refractivity (Wildman–Crippen MR) is 227 cm³/mol. The minimum absolute atomic E-state index is 1.06. The Labute approximate surface area is 329 Å². The zero-order chi connectivity index (χ0) is 36.4. The number of alkyl halides is 2. The molecule has 0 fully saturated rings. The number of nitrogens with zero attached hydrogens (tertiary/aromatic N) is 2. The van der Waals surface area contributed by atoms with Crippen LogP contribution in [0.5, 0.6) is 0 Å². The first kappa shape index (κ1) is 39.3. The van der Waals surface area contributed by atoms with E-state index < -0.39 is 0 Å². The number of hydrogen-bond acceptors (Lipinski definition) is 0. The summed E-state index contributed by atoms with van der Waals surface area (Å²) in [5.41, 5.74) is 13.5. The molecule has 0 saturated heterocycles. The molecule has 2 nitrogen and oxygen atoms in total. The Morgan fingerprint density at radius 2 is 0.596 bits per heavy atom. The van der Waals surface area contributed by atoms with Gasteiger partial charge in [-0.05, 0) is 108 Å². The van der Waals surface area contributed by atoms with E-state index in [1.165, 1.54) is 68.5 Å². The van der Waals surface area contributed by atoms with Crippen LogP contribution in [-0.4, -0.2) is 10.7 Å². The van der Waals surface area contributed by atoms with Crippen LogP contribution in [0.25, 0.3) is 22.3 Å². The van der Waals surface area contributed by atoms with Gasteiger partial charge in [0.2, 0.25) is 0 Å². The summed E-state index contributed by atoms with van der Waals surface area (Å²) in [5, 5.41) is 2.15. The third kappa shape index (κ3) is 13.3. The highest BCUT2D eigenvalue weighted by molar-refractivity contribution is 9.09. The highest BCUT2D eigenvalue weighted by atomic mass is 79.9. The summed E-state index contributed by atoms with van der Waals surface area (Å²) in [6, 6.07) is 44.8. The van der Waals surface area contributed by atoms with Crippen LogP contribution in [0.3, 0.4) is 0 Å². The van der Waals surface area contributed by atoms with Crippen molar-refractivity contribution in [3.63, 3.8) is 0 Å². The summed E-state index contributed by atoms with van der Waals surface area (Å²) in [7, 11) is 0.